The predicted molar refractivity (Wildman–Crippen MR) is 128 cm³/mol. The number of allylic oxidation sites excluding steroid dienone is 1. The third-order valence-corrected chi connectivity index (χ3v) is 7.83. The van der Waals surface area contributed by atoms with Gasteiger partial charge in [0.1, 0.15) is 23.7 Å². The Morgan fingerprint density at radius 1 is 1.40 bits per heavy atom. The first-order valence-electron chi connectivity index (χ1n) is 10.0. The Kier molecular flexibility index (Phi) is 9.12. The first kappa shape index (κ1) is 27.4. The maximum absolute atomic E-state index is 12.9. The number of rotatable bonds is 8. The normalized spacial score (nSPS) is 19.8. The molecule has 4 heterocycles. The van der Waals surface area contributed by atoms with E-state index >= 15 is 0 Å². The molecule has 0 spiro atoms. The molecule has 2 aromatic rings. The van der Waals surface area contributed by atoms with Gasteiger partial charge in [0.2, 0.25) is 0 Å². The molecule has 35 heavy (non-hydrogen) atoms. The van der Waals surface area contributed by atoms with E-state index in [0.717, 1.165) is 26.8 Å². The van der Waals surface area contributed by atoms with E-state index in [9.17, 15) is 19.5 Å². The molecule has 2 atom stereocenters. The Bertz CT molecular complexity index is 1240. The summed E-state index contributed by atoms with van der Waals surface area (Å²) < 4.78 is 0. The number of aromatic nitrogens is 2. The molecule has 3 N–H and O–H groups in total. The molecule has 2 aromatic heterocycles. The van der Waals surface area contributed by atoms with E-state index in [1.807, 2.05) is 6.92 Å². The number of carbonyl (C=O) groups is 3. The number of oxime groups is 1. The monoisotopic (exact) mass is 542 g/mol. The first-order valence-corrected chi connectivity index (χ1v) is 12.8. The molecular formula is C20H19N6NaO5S3. The molecule has 178 valence electrons. The van der Waals surface area contributed by atoms with E-state index in [4.69, 9.17) is 10.6 Å². The summed E-state index contributed by atoms with van der Waals surface area (Å²) in [6.07, 6.45) is 3.43. The van der Waals surface area contributed by atoms with Crippen LogP contribution in [0.5, 0.6) is 0 Å². The van der Waals surface area contributed by atoms with Crippen molar-refractivity contribution < 1.29 is 53.9 Å². The number of hydrogen-bond acceptors (Lipinski definition) is 12. The third kappa shape index (κ3) is 5.62. The van der Waals surface area contributed by atoms with Crippen molar-refractivity contribution in [3.8, 4) is 0 Å². The molecule has 1 unspecified atom stereocenters. The second-order valence-electron chi connectivity index (χ2n) is 7.09. The minimum Gasteiger partial charge on any atom is -0.543 e. The maximum Gasteiger partial charge on any atom is 1.00 e. The van der Waals surface area contributed by atoms with Crippen LogP contribution < -0.4 is 45.7 Å². The number of nitrogens with zero attached hydrogens (tertiary/aromatic N) is 4. The number of carbonyl (C=O) groups excluding carboxylic acids is 3. The molecule has 0 aliphatic carbocycles. The zero-order valence-corrected chi connectivity index (χ0v) is 23.5. The van der Waals surface area contributed by atoms with Crippen molar-refractivity contribution in [2.24, 2.45) is 5.16 Å². The van der Waals surface area contributed by atoms with Crippen LogP contribution >= 0.6 is 34.4 Å². The van der Waals surface area contributed by atoms with Crippen LogP contribution in [0.2, 0.25) is 0 Å². The summed E-state index contributed by atoms with van der Waals surface area (Å²) in [4.78, 5) is 53.0. The van der Waals surface area contributed by atoms with Crippen LogP contribution in [0.15, 0.2) is 33.4 Å². The van der Waals surface area contributed by atoms with Gasteiger partial charge in [0.25, 0.3) is 11.8 Å². The van der Waals surface area contributed by atoms with Gasteiger partial charge in [-0.1, -0.05) is 11.2 Å². The van der Waals surface area contributed by atoms with Crippen LogP contribution in [0, 0.1) is 6.92 Å². The number of aliphatic carboxylic acids is 1. The molecule has 2 aliphatic rings. The Morgan fingerprint density at radius 3 is 2.77 bits per heavy atom. The number of thioether (sulfide) groups is 1. The number of anilines is 1. The molecule has 0 aromatic carbocycles. The van der Waals surface area contributed by atoms with Gasteiger partial charge >= 0.3 is 29.6 Å². The molecule has 1 fully saturated rings. The number of amides is 2. The van der Waals surface area contributed by atoms with Gasteiger partial charge in [-0.2, -0.15) is 0 Å². The van der Waals surface area contributed by atoms with Crippen molar-refractivity contribution >= 4 is 69.1 Å². The molecule has 1 saturated heterocycles. The van der Waals surface area contributed by atoms with Crippen molar-refractivity contribution in [1.29, 1.82) is 0 Å². The number of β-lactam (4-membered cyclic amide) rings is 1. The van der Waals surface area contributed by atoms with Crippen molar-refractivity contribution in [1.82, 2.24) is 20.2 Å². The number of thiazole rings is 2. The fourth-order valence-electron chi connectivity index (χ4n) is 3.35. The Balaban J connectivity index is 0.00000342. The number of nitrogens with two attached hydrogens (primary N) is 1. The van der Waals surface area contributed by atoms with E-state index in [1.165, 1.54) is 23.1 Å². The minimum atomic E-state index is -1.46. The minimum absolute atomic E-state index is 0. The number of hydrogen-bond donors (Lipinski definition) is 2. The molecule has 15 heteroatoms. The molecule has 0 bridgehead atoms. The summed E-state index contributed by atoms with van der Waals surface area (Å²) in [6, 6.07) is -0.941. The van der Waals surface area contributed by atoms with Gasteiger partial charge < -0.3 is 25.8 Å². The number of carboxylic acid groups (broad SMARTS) is 1. The SMILES string of the molecule is CCO/N=C(/C(=O)NC1C(=O)N2C(C(=O)[O-])=C(/C=C/c3scnc3C)CS[C@H]12)c1csc(N)n1.[Na+]. The van der Waals surface area contributed by atoms with Gasteiger partial charge in [-0.05, 0) is 25.5 Å². The van der Waals surface area contributed by atoms with Gasteiger partial charge in [0.05, 0.1) is 22.9 Å². The zero-order valence-electron chi connectivity index (χ0n) is 19.0. The summed E-state index contributed by atoms with van der Waals surface area (Å²) in [5.74, 6) is -2.37. The van der Waals surface area contributed by atoms with Crippen LogP contribution in [0.25, 0.3) is 6.08 Å². The molecular weight excluding hydrogens is 523 g/mol. The second-order valence-corrected chi connectivity index (χ2v) is 9.97. The molecule has 2 aliphatic heterocycles. The number of aryl methyl sites for hydroxylation is 1. The summed E-state index contributed by atoms with van der Waals surface area (Å²) in [5.41, 5.74) is 8.52. The molecule has 0 saturated carbocycles. The summed E-state index contributed by atoms with van der Waals surface area (Å²) in [7, 11) is 0. The fourth-order valence-corrected chi connectivity index (χ4v) is 5.91. The van der Waals surface area contributed by atoms with Crippen molar-refractivity contribution in [3.63, 3.8) is 0 Å². The van der Waals surface area contributed by atoms with Crippen LogP contribution in [-0.4, -0.2) is 62.1 Å². The van der Waals surface area contributed by atoms with E-state index in [1.54, 1.807) is 30.0 Å². The second kappa shape index (κ2) is 11.7. The summed E-state index contributed by atoms with van der Waals surface area (Å²) in [5, 5.41) is 19.6. The van der Waals surface area contributed by atoms with E-state index in [-0.39, 0.29) is 58.4 Å². The average molecular weight is 543 g/mol. The van der Waals surface area contributed by atoms with Gasteiger partial charge in [0, 0.05) is 16.0 Å². The molecule has 0 radical (unpaired) electrons. The Labute approximate surface area is 234 Å². The van der Waals surface area contributed by atoms with Crippen molar-refractivity contribution in [3.05, 3.63) is 44.5 Å². The third-order valence-electron chi connectivity index (χ3n) is 4.96. The van der Waals surface area contributed by atoms with E-state index < -0.39 is 29.2 Å². The number of nitrogen functional groups attached to an aromatic ring is 1. The van der Waals surface area contributed by atoms with Crippen molar-refractivity contribution in [2.45, 2.75) is 25.3 Å². The molecule has 11 nitrogen and oxygen atoms in total. The largest absolute Gasteiger partial charge is 1.00 e. The summed E-state index contributed by atoms with van der Waals surface area (Å²) >= 11 is 3.90. The van der Waals surface area contributed by atoms with Gasteiger partial charge in [-0.15, -0.1) is 34.4 Å². The smallest absolute Gasteiger partial charge is 0.543 e. The molecule has 2 amide bonds. The van der Waals surface area contributed by atoms with Crippen LogP contribution in [-0.2, 0) is 19.2 Å². The predicted octanol–water partition coefficient (Wildman–Crippen LogP) is -2.65. The Hall–Kier alpha value is -2.23. The number of fused-ring (bicyclic) bond motifs is 1. The first-order chi connectivity index (χ1) is 16.3. The average Bonchev–Trinajstić information content (AvgIpc) is 3.43. The zero-order chi connectivity index (χ0) is 24.4. The molecule has 4 rings (SSSR count). The van der Waals surface area contributed by atoms with E-state index in [2.05, 4.69) is 20.4 Å². The summed E-state index contributed by atoms with van der Waals surface area (Å²) in [6.45, 7) is 3.78. The standard InChI is InChI=1S/C20H20N6O5S3.Na/c1-3-31-25-13(11-7-33-20(21)23-11)16(27)24-14-17(28)26-15(19(29)30)10(6-32-18(14)26)4-5-12-9(2)22-8-34-12;/h4-5,7-8,14,18H,3,6H2,1-2H3,(H2,21,23)(H,24,27)(H,29,30);/q;+1/p-1/b5-4+,25-13+;/t14?,18-;/m1./s1. The Morgan fingerprint density at radius 2 is 2.17 bits per heavy atom. The van der Waals surface area contributed by atoms with Gasteiger partial charge in [-0.25, -0.2) is 9.97 Å². The van der Waals surface area contributed by atoms with Crippen LogP contribution in [0.1, 0.15) is 23.2 Å². The number of carboxylic acids is 1. The van der Waals surface area contributed by atoms with E-state index in [0.29, 0.717) is 11.3 Å². The van der Waals surface area contributed by atoms with Crippen LogP contribution in [0.4, 0.5) is 5.13 Å². The quantitative estimate of drug-likeness (QED) is 0.157. The maximum atomic E-state index is 12.9. The van der Waals surface area contributed by atoms with Crippen molar-refractivity contribution in [2.75, 3.05) is 18.1 Å². The van der Waals surface area contributed by atoms with Gasteiger partial charge in [-0.3, -0.25) is 14.5 Å². The topological polar surface area (TPSA) is 163 Å². The number of nitrogens with one attached hydrogen (secondary N) is 1. The fraction of sp³-hybridized carbons (Fsp3) is 0.300. The van der Waals surface area contributed by atoms with Gasteiger partial charge in [0.15, 0.2) is 10.8 Å². The van der Waals surface area contributed by atoms with Crippen LogP contribution in [0.3, 0.4) is 0 Å².